The van der Waals surface area contributed by atoms with E-state index in [2.05, 4.69) is 0 Å². The molecule has 8 nitrogen and oxygen atoms in total. The van der Waals surface area contributed by atoms with Gasteiger partial charge in [-0.15, -0.1) is 0 Å². The van der Waals surface area contributed by atoms with Gasteiger partial charge >= 0.3 is 0 Å². The predicted molar refractivity (Wildman–Crippen MR) is 105 cm³/mol. The molecule has 8 heteroatoms. The Morgan fingerprint density at radius 1 is 1.00 bits per heavy atom. The number of fused-ring (bicyclic) bond motifs is 1. The lowest BCUT2D eigenvalue weighted by molar-refractivity contribution is -0.268. The zero-order valence-corrected chi connectivity index (χ0v) is 16.4. The number of Topliss-reactive ketones (excluding diaryl/α,β-unsaturated/α-hetero) is 1. The summed E-state index contributed by atoms with van der Waals surface area (Å²) in [7, 11) is 0. The number of ketones is 1. The first kappa shape index (κ1) is 20.4. The Kier molecular flexibility index (Phi) is 5.25. The van der Waals surface area contributed by atoms with Gasteiger partial charge in [-0.3, -0.25) is 4.79 Å². The number of ether oxygens (including phenoxy) is 3. The minimum atomic E-state index is -1.45. The number of carbonyl (C=O) groups is 1. The van der Waals surface area contributed by atoms with Gasteiger partial charge in [-0.25, -0.2) is 0 Å². The zero-order valence-electron chi connectivity index (χ0n) is 16.4. The van der Waals surface area contributed by atoms with E-state index in [1.54, 1.807) is 44.2 Å². The average molecular weight is 414 g/mol. The van der Waals surface area contributed by atoms with Crippen LogP contribution in [0.25, 0.3) is 6.08 Å². The molecule has 2 aromatic rings. The molecule has 0 aromatic heterocycles. The smallest absolute Gasteiger partial charge is 0.231 e. The SMILES string of the molecule is Cc1c(O[C@H]2O[C@@H](C)[C@H](O)[C@@H](O)[C@H]2O)ccc2c1OC(=Cc1ccc(O)cc1)C2=O. The van der Waals surface area contributed by atoms with Crippen molar-refractivity contribution in [2.24, 2.45) is 0 Å². The van der Waals surface area contributed by atoms with Crippen LogP contribution in [-0.2, 0) is 4.74 Å². The van der Waals surface area contributed by atoms with Gasteiger partial charge in [-0.1, -0.05) is 12.1 Å². The summed E-state index contributed by atoms with van der Waals surface area (Å²) in [5, 5.41) is 39.3. The van der Waals surface area contributed by atoms with Gasteiger partial charge in [-0.05, 0) is 49.8 Å². The monoisotopic (exact) mass is 414 g/mol. The standard InChI is InChI=1S/C22H22O8/c1-10-15(30-22-20(27)19(26)17(24)11(2)28-22)8-7-14-18(25)16(29-21(10)14)9-12-3-5-13(23)6-4-12/h3-9,11,17,19-20,22-24,26-27H,1-2H3/t11-,17-,19+,20+,22+/m0/s1. The minimum absolute atomic E-state index is 0.121. The van der Waals surface area contributed by atoms with Crippen LogP contribution in [0.5, 0.6) is 17.2 Å². The van der Waals surface area contributed by atoms with Crippen LogP contribution in [0, 0.1) is 6.92 Å². The fourth-order valence-electron chi connectivity index (χ4n) is 3.45. The third kappa shape index (κ3) is 3.54. The highest BCUT2D eigenvalue weighted by molar-refractivity contribution is 6.14. The van der Waals surface area contributed by atoms with Gasteiger partial charge < -0.3 is 34.6 Å². The lowest BCUT2D eigenvalue weighted by Crippen LogP contribution is -2.58. The Morgan fingerprint density at radius 2 is 1.70 bits per heavy atom. The second-order valence-corrected chi connectivity index (χ2v) is 7.40. The van der Waals surface area contributed by atoms with Crippen molar-refractivity contribution >= 4 is 11.9 Å². The van der Waals surface area contributed by atoms with E-state index in [4.69, 9.17) is 14.2 Å². The number of carbonyl (C=O) groups excluding carboxylic acids is 1. The Balaban J connectivity index is 1.58. The molecule has 5 atom stereocenters. The topological polar surface area (TPSA) is 126 Å². The van der Waals surface area contributed by atoms with Crippen molar-refractivity contribution in [3.63, 3.8) is 0 Å². The highest BCUT2D eigenvalue weighted by Crippen LogP contribution is 2.40. The second-order valence-electron chi connectivity index (χ2n) is 7.40. The van der Waals surface area contributed by atoms with E-state index in [-0.39, 0.29) is 17.3 Å². The van der Waals surface area contributed by atoms with E-state index >= 15 is 0 Å². The molecular weight excluding hydrogens is 392 g/mol. The largest absolute Gasteiger partial charge is 0.508 e. The fourth-order valence-corrected chi connectivity index (χ4v) is 3.45. The maximum absolute atomic E-state index is 12.7. The summed E-state index contributed by atoms with van der Waals surface area (Å²) >= 11 is 0. The summed E-state index contributed by atoms with van der Waals surface area (Å²) in [4.78, 5) is 12.7. The molecule has 4 N–H and O–H groups in total. The van der Waals surface area contributed by atoms with E-state index in [1.807, 2.05) is 0 Å². The van der Waals surface area contributed by atoms with Crippen molar-refractivity contribution in [3.8, 4) is 17.2 Å². The van der Waals surface area contributed by atoms with Crippen LogP contribution < -0.4 is 9.47 Å². The van der Waals surface area contributed by atoms with Crippen molar-refractivity contribution in [3.05, 3.63) is 58.8 Å². The quantitative estimate of drug-likeness (QED) is 0.557. The number of aromatic hydroxyl groups is 1. The van der Waals surface area contributed by atoms with Gasteiger partial charge in [0.05, 0.1) is 11.7 Å². The van der Waals surface area contributed by atoms with Crippen LogP contribution >= 0.6 is 0 Å². The third-order valence-electron chi connectivity index (χ3n) is 5.28. The van der Waals surface area contributed by atoms with Gasteiger partial charge in [-0.2, -0.15) is 0 Å². The van der Waals surface area contributed by atoms with E-state index < -0.39 is 30.7 Å². The van der Waals surface area contributed by atoms with Crippen LogP contribution in [-0.4, -0.2) is 56.9 Å². The summed E-state index contributed by atoms with van der Waals surface area (Å²) in [5.74, 6) is 0.621. The normalized spacial score (nSPS) is 29.6. The molecule has 158 valence electrons. The Bertz CT molecular complexity index is 997. The molecule has 0 aliphatic carbocycles. The van der Waals surface area contributed by atoms with Crippen LogP contribution in [0.1, 0.15) is 28.4 Å². The van der Waals surface area contributed by atoms with Crippen molar-refractivity contribution in [2.45, 2.75) is 44.6 Å². The van der Waals surface area contributed by atoms with E-state index in [1.165, 1.54) is 12.1 Å². The van der Waals surface area contributed by atoms with Crippen LogP contribution in [0.2, 0.25) is 0 Å². The number of aliphatic hydroxyl groups excluding tert-OH is 3. The van der Waals surface area contributed by atoms with Gasteiger partial charge in [0.1, 0.15) is 35.6 Å². The highest BCUT2D eigenvalue weighted by atomic mass is 16.7. The predicted octanol–water partition coefficient (Wildman–Crippen LogP) is 1.52. The number of rotatable bonds is 3. The van der Waals surface area contributed by atoms with Gasteiger partial charge in [0.25, 0.3) is 0 Å². The van der Waals surface area contributed by atoms with Gasteiger partial charge in [0.2, 0.25) is 12.1 Å². The molecule has 0 unspecified atom stereocenters. The van der Waals surface area contributed by atoms with Crippen molar-refractivity contribution in [2.75, 3.05) is 0 Å². The molecular formula is C22H22O8. The lowest BCUT2D eigenvalue weighted by atomic mass is 10.00. The van der Waals surface area contributed by atoms with Crippen molar-refractivity contribution in [1.29, 1.82) is 0 Å². The maximum Gasteiger partial charge on any atom is 0.231 e. The third-order valence-corrected chi connectivity index (χ3v) is 5.28. The molecule has 1 fully saturated rings. The highest BCUT2D eigenvalue weighted by Gasteiger charge is 2.43. The minimum Gasteiger partial charge on any atom is -0.508 e. The molecule has 2 aliphatic rings. The Hall–Kier alpha value is -2.91. The maximum atomic E-state index is 12.7. The molecule has 0 radical (unpaired) electrons. The molecule has 4 rings (SSSR count). The molecule has 2 heterocycles. The molecule has 0 bridgehead atoms. The zero-order chi connectivity index (χ0) is 21.6. The molecule has 2 aromatic carbocycles. The fraction of sp³-hybridized carbons (Fsp3) is 0.318. The van der Waals surface area contributed by atoms with E-state index in [0.717, 1.165) is 0 Å². The number of aliphatic hydroxyl groups is 3. The van der Waals surface area contributed by atoms with E-state index in [9.17, 15) is 25.2 Å². The Labute approximate surface area is 172 Å². The first-order valence-corrected chi connectivity index (χ1v) is 9.49. The summed E-state index contributed by atoms with van der Waals surface area (Å²) in [6.45, 7) is 3.27. The molecule has 0 saturated carbocycles. The molecule has 0 amide bonds. The first-order chi connectivity index (χ1) is 14.3. The van der Waals surface area contributed by atoms with Crippen LogP contribution in [0.4, 0.5) is 0 Å². The van der Waals surface area contributed by atoms with Crippen molar-refractivity contribution in [1.82, 2.24) is 0 Å². The summed E-state index contributed by atoms with van der Waals surface area (Å²) < 4.78 is 17.0. The van der Waals surface area contributed by atoms with Gasteiger partial charge in [0, 0.05) is 5.56 Å². The first-order valence-electron chi connectivity index (χ1n) is 9.49. The summed E-state index contributed by atoms with van der Waals surface area (Å²) in [6.07, 6.45) is -4.44. The number of benzene rings is 2. The van der Waals surface area contributed by atoms with Crippen LogP contribution in [0.3, 0.4) is 0 Å². The van der Waals surface area contributed by atoms with Crippen LogP contribution in [0.15, 0.2) is 42.2 Å². The number of allylic oxidation sites excluding steroid dienone is 1. The average Bonchev–Trinajstić information content (AvgIpc) is 3.04. The summed E-state index contributed by atoms with van der Waals surface area (Å²) in [5.41, 5.74) is 1.59. The second kappa shape index (κ2) is 7.73. The summed E-state index contributed by atoms with van der Waals surface area (Å²) in [6, 6.07) is 9.47. The number of phenolic OH excluding ortho intramolecular Hbond substituents is 1. The Morgan fingerprint density at radius 3 is 2.40 bits per heavy atom. The molecule has 1 saturated heterocycles. The number of phenols is 1. The molecule has 30 heavy (non-hydrogen) atoms. The lowest BCUT2D eigenvalue weighted by Gasteiger charge is -2.39. The number of hydrogen-bond acceptors (Lipinski definition) is 8. The molecule has 2 aliphatic heterocycles. The van der Waals surface area contributed by atoms with E-state index in [0.29, 0.717) is 28.2 Å². The van der Waals surface area contributed by atoms with Gasteiger partial charge in [0.15, 0.2) is 5.76 Å². The van der Waals surface area contributed by atoms with Crippen molar-refractivity contribution < 1.29 is 39.4 Å². The number of hydrogen-bond donors (Lipinski definition) is 4. The molecule has 0 spiro atoms.